The van der Waals surface area contributed by atoms with E-state index in [1.807, 2.05) is 18.2 Å². The van der Waals surface area contributed by atoms with Gasteiger partial charge in [-0.3, -0.25) is 6.08 Å². The van der Waals surface area contributed by atoms with Crippen LogP contribution < -0.4 is 18.9 Å². The largest absolute Gasteiger partial charge is 1.00 e. The monoisotopic (exact) mass is 318 g/mol. The fourth-order valence-electron chi connectivity index (χ4n) is 3.97. The number of hydrogen-bond acceptors (Lipinski definition) is 2. The van der Waals surface area contributed by atoms with Crippen LogP contribution in [0.2, 0.25) is 0 Å². The molecule has 0 N–H and O–H groups in total. The minimum Gasteiger partial charge on any atom is -0.497 e. The van der Waals surface area contributed by atoms with Crippen LogP contribution in [0.4, 0.5) is 0 Å². The Bertz CT molecular complexity index is 540. The Kier molecular flexibility index (Phi) is 7.85. The Morgan fingerprint density at radius 3 is 2.67 bits per heavy atom. The van der Waals surface area contributed by atoms with Crippen LogP contribution in [-0.2, 0) is 16.1 Å². The van der Waals surface area contributed by atoms with Crippen LogP contribution in [0.1, 0.15) is 38.2 Å². The molecule has 24 heavy (non-hydrogen) atoms. The van der Waals surface area contributed by atoms with Gasteiger partial charge in [-0.2, -0.15) is 5.92 Å². The van der Waals surface area contributed by atoms with Crippen molar-refractivity contribution in [3.63, 3.8) is 0 Å². The molecule has 1 fully saturated rings. The predicted molar refractivity (Wildman–Crippen MR) is 92.5 cm³/mol. The maximum Gasteiger partial charge on any atom is 1.00 e. The van der Waals surface area contributed by atoms with Crippen molar-refractivity contribution < 1.29 is 28.3 Å². The molecule has 124 valence electrons. The third kappa shape index (κ3) is 4.87. The summed E-state index contributed by atoms with van der Waals surface area (Å²) >= 11 is 0. The first-order chi connectivity index (χ1) is 11.3. The Morgan fingerprint density at radius 1 is 1.21 bits per heavy atom. The molecule has 0 saturated heterocycles. The van der Waals surface area contributed by atoms with Crippen LogP contribution in [0, 0.1) is 23.8 Å². The second-order valence-electron chi connectivity index (χ2n) is 6.83. The number of benzene rings is 1. The van der Waals surface area contributed by atoms with Gasteiger partial charge in [0.25, 0.3) is 0 Å². The molecule has 0 aliphatic heterocycles. The second kappa shape index (κ2) is 9.64. The smallest absolute Gasteiger partial charge is 0.497 e. The Hall–Kier alpha value is -0.783. The van der Waals surface area contributed by atoms with Gasteiger partial charge in [-0.05, 0) is 31.2 Å². The van der Waals surface area contributed by atoms with Gasteiger partial charge in [0.15, 0.2) is 0 Å². The van der Waals surface area contributed by atoms with Crippen LogP contribution in [0.5, 0.6) is 0 Å². The average molecular weight is 318 g/mol. The van der Waals surface area contributed by atoms with E-state index in [1.54, 1.807) is 0 Å². The number of hydrogen-bond donors (Lipinski definition) is 0. The molecular formula is C21H27LiO2. The van der Waals surface area contributed by atoms with E-state index in [0.717, 1.165) is 6.42 Å². The van der Waals surface area contributed by atoms with Gasteiger partial charge in [-0.25, -0.2) is 0 Å². The Balaban J connectivity index is 0.00000208. The number of rotatable bonds is 7. The van der Waals surface area contributed by atoms with Crippen LogP contribution in [0.25, 0.3) is 0 Å². The zero-order valence-electron chi connectivity index (χ0n) is 15.0. The van der Waals surface area contributed by atoms with Gasteiger partial charge in [0.2, 0.25) is 0 Å². The van der Waals surface area contributed by atoms with Crippen molar-refractivity contribution in [3.8, 4) is 0 Å². The van der Waals surface area contributed by atoms with Gasteiger partial charge in [-0.15, -0.1) is 0 Å². The van der Waals surface area contributed by atoms with Gasteiger partial charge < -0.3 is 15.5 Å². The molecule has 3 heteroatoms. The van der Waals surface area contributed by atoms with Crippen molar-refractivity contribution in [1.29, 1.82) is 0 Å². The molecule has 0 spiro atoms. The molecule has 4 atom stereocenters. The van der Waals surface area contributed by atoms with Crippen LogP contribution in [0.15, 0.2) is 48.6 Å². The SMILES string of the molecule is C=C(C)[C@@H]1CC[C@H]([C@H]2[C-]=CCC2)[C@@H]1OCOCc1ccccc1.[Li+]. The van der Waals surface area contributed by atoms with Crippen molar-refractivity contribution in [2.75, 3.05) is 6.79 Å². The van der Waals surface area contributed by atoms with Crippen molar-refractivity contribution >= 4 is 0 Å². The molecule has 0 amide bonds. The number of ether oxygens (including phenoxy) is 2. The zero-order valence-corrected chi connectivity index (χ0v) is 15.0. The summed E-state index contributed by atoms with van der Waals surface area (Å²) in [5.74, 6) is 1.58. The third-order valence-electron chi connectivity index (χ3n) is 5.19. The maximum absolute atomic E-state index is 6.19. The molecule has 2 aliphatic carbocycles. The first kappa shape index (κ1) is 19.5. The van der Waals surface area contributed by atoms with Crippen LogP contribution >= 0.6 is 0 Å². The topological polar surface area (TPSA) is 18.5 Å². The summed E-state index contributed by atoms with van der Waals surface area (Å²) in [5, 5.41) is 0. The van der Waals surface area contributed by atoms with Crippen LogP contribution in [0.3, 0.4) is 0 Å². The van der Waals surface area contributed by atoms with Crippen molar-refractivity contribution in [1.82, 2.24) is 0 Å². The fourth-order valence-corrected chi connectivity index (χ4v) is 3.97. The van der Waals surface area contributed by atoms with E-state index >= 15 is 0 Å². The summed E-state index contributed by atoms with van der Waals surface area (Å²) in [6.45, 7) is 7.26. The average Bonchev–Trinajstić information content (AvgIpc) is 3.21. The van der Waals surface area contributed by atoms with Crippen molar-refractivity contribution in [2.24, 2.45) is 17.8 Å². The van der Waals surface area contributed by atoms with Crippen LogP contribution in [-0.4, -0.2) is 12.9 Å². The van der Waals surface area contributed by atoms with Gasteiger partial charge in [-0.1, -0.05) is 55.3 Å². The summed E-state index contributed by atoms with van der Waals surface area (Å²) in [4.78, 5) is 0. The van der Waals surface area contributed by atoms with Gasteiger partial charge in [0.05, 0.1) is 12.7 Å². The summed E-state index contributed by atoms with van der Waals surface area (Å²) in [6, 6.07) is 10.2. The van der Waals surface area contributed by atoms with E-state index < -0.39 is 0 Å². The molecule has 1 aromatic carbocycles. The molecule has 2 aliphatic rings. The summed E-state index contributed by atoms with van der Waals surface area (Å²) in [5.41, 5.74) is 2.42. The summed E-state index contributed by atoms with van der Waals surface area (Å²) < 4.78 is 11.9. The van der Waals surface area contributed by atoms with E-state index in [4.69, 9.17) is 9.47 Å². The molecule has 0 unspecified atom stereocenters. The van der Waals surface area contributed by atoms with E-state index in [-0.39, 0.29) is 25.0 Å². The van der Waals surface area contributed by atoms with Gasteiger partial charge >= 0.3 is 18.9 Å². The van der Waals surface area contributed by atoms with Gasteiger partial charge in [0.1, 0.15) is 6.79 Å². The third-order valence-corrected chi connectivity index (χ3v) is 5.19. The predicted octanol–water partition coefficient (Wildman–Crippen LogP) is 1.92. The van der Waals surface area contributed by atoms with Crippen molar-refractivity contribution in [3.05, 3.63) is 60.2 Å². The minimum atomic E-state index is 0. The first-order valence-corrected chi connectivity index (χ1v) is 8.72. The number of allylic oxidation sites excluding steroid dienone is 2. The molecule has 1 aromatic rings. The normalized spacial score (nSPS) is 28.7. The molecule has 0 aromatic heterocycles. The maximum atomic E-state index is 6.19. The van der Waals surface area contributed by atoms with Gasteiger partial charge in [0, 0.05) is 5.92 Å². The van der Waals surface area contributed by atoms with E-state index in [2.05, 4.69) is 37.8 Å². The molecule has 0 bridgehead atoms. The standard InChI is InChI=1S/C21H27O2.Li/c1-16(2)19-12-13-20(18-10-6-7-11-18)21(19)23-15-22-14-17-8-4-3-5-9-17;/h3-6,8-9,18-21H,1,7,11-15H2,2H3;/q-1;+1/t18-,19-,20+,21+;/m0./s1. The van der Waals surface area contributed by atoms with E-state index in [1.165, 1.54) is 30.4 Å². The Morgan fingerprint density at radius 2 is 2.00 bits per heavy atom. The summed E-state index contributed by atoms with van der Waals surface area (Å²) in [7, 11) is 0. The molecule has 0 heterocycles. The van der Waals surface area contributed by atoms with E-state index in [0.29, 0.717) is 31.2 Å². The molecular weight excluding hydrogens is 291 g/mol. The molecule has 0 radical (unpaired) electrons. The second-order valence-corrected chi connectivity index (χ2v) is 6.83. The quantitative estimate of drug-likeness (QED) is 0.251. The Labute approximate surface area is 158 Å². The first-order valence-electron chi connectivity index (χ1n) is 8.72. The molecule has 2 nitrogen and oxygen atoms in total. The summed E-state index contributed by atoms with van der Waals surface area (Å²) in [6.07, 6.45) is 10.7. The molecule has 3 rings (SSSR count). The minimum absolute atomic E-state index is 0. The zero-order chi connectivity index (χ0) is 16.1. The molecule has 1 saturated carbocycles. The van der Waals surface area contributed by atoms with Crippen molar-refractivity contribution in [2.45, 2.75) is 45.3 Å². The van der Waals surface area contributed by atoms with E-state index in [9.17, 15) is 0 Å². The fraction of sp³-hybridized carbons (Fsp3) is 0.524.